The SMILES string of the molecule is CNCC(=O)c1cccc(CN2CCOCC2)c1. The second-order valence-corrected chi connectivity index (χ2v) is 4.54. The highest BCUT2D eigenvalue weighted by Gasteiger charge is 2.11. The van der Waals surface area contributed by atoms with Gasteiger partial charge in [-0.1, -0.05) is 18.2 Å². The quantitative estimate of drug-likeness (QED) is 0.787. The van der Waals surface area contributed by atoms with E-state index in [-0.39, 0.29) is 5.78 Å². The summed E-state index contributed by atoms with van der Waals surface area (Å²) in [5, 5.41) is 2.89. The molecule has 1 fully saturated rings. The summed E-state index contributed by atoms with van der Waals surface area (Å²) in [7, 11) is 1.79. The summed E-state index contributed by atoms with van der Waals surface area (Å²) in [5.74, 6) is 0.140. The van der Waals surface area contributed by atoms with Crippen LogP contribution in [0.2, 0.25) is 0 Å². The smallest absolute Gasteiger partial charge is 0.176 e. The minimum absolute atomic E-state index is 0.140. The van der Waals surface area contributed by atoms with Crippen molar-refractivity contribution in [3.63, 3.8) is 0 Å². The van der Waals surface area contributed by atoms with Crippen LogP contribution in [0.4, 0.5) is 0 Å². The molecule has 1 heterocycles. The van der Waals surface area contributed by atoms with Crippen LogP contribution < -0.4 is 5.32 Å². The van der Waals surface area contributed by atoms with E-state index in [1.807, 2.05) is 18.2 Å². The van der Waals surface area contributed by atoms with Gasteiger partial charge in [-0.15, -0.1) is 0 Å². The highest BCUT2D eigenvalue weighted by atomic mass is 16.5. The van der Waals surface area contributed by atoms with Crippen LogP contribution in [-0.2, 0) is 11.3 Å². The number of morpholine rings is 1. The summed E-state index contributed by atoms with van der Waals surface area (Å²) < 4.78 is 5.33. The fourth-order valence-electron chi connectivity index (χ4n) is 2.12. The van der Waals surface area contributed by atoms with Crippen molar-refractivity contribution in [2.45, 2.75) is 6.54 Å². The van der Waals surface area contributed by atoms with Crippen molar-refractivity contribution in [3.05, 3.63) is 35.4 Å². The summed E-state index contributed by atoms with van der Waals surface area (Å²) in [6, 6.07) is 7.90. The maximum Gasteiger partial charge on any atom is 0.176 e. The topological polar surface area (TPSA) is 41.6 Å². The van der Waals surface area contributed by atoms with Gasteiger partial charge in [0.25, 0.3) is 0 Å². The third-order valence-corrected chi connectivity index (χ3v) is 3.10. The highest BCUT2D eigenvalue weighted by Crippen LogP contribution is 2.10. The maximum absolute atomic E-state index is 11.8. The monoisotopic (exact) mass is 248 g/mol. The van der Waals surface area contributed by atoms with E-state index in [9.17, 15) is 4.79 Å². The zero-order valence-electron chi connectivity index (χ0n) is 10.8. The first-order valence-corrected chi connectivity index (χ1v) is 6.36. The van der Waals surface area contributed by atoms with Gasteiger partial charge in [0.1, 0.15) is 0 Å². The van der Waals surface area contributed by atoms with Crippen molar-refractivity contribution in [2.24, 2.45) is 0 Å². The molecule has 0 saturated carbocycles. The van der Waals surface area contributed by atoms with E-state index in [2.05, 4.69) is 16.3 Å². The normalized spacial score (nSPS) is 16.7. The van der Waals surface area contributed by atoms with Gasteiger partial charge in [-0.2, -0.15) is 0 Å². The number of rotatable bonds is 5. The van der Waals surface area contributed by atoms with Crippen LogP contribution in [0.1, 0.15) is 15.9 Å². The molecule has 0 atom stereocenters. The zero-order valence-corrected chi connectivity index (χ0v) is 10.8. The fraction of sp³-hybridized carbons (Fsp3) is 0.500. The van der Waals surface area contributed by atoms with Crippen LogP contribution in [-0.4, -0.2) is 50.6 Å². The summed E-state index contributed by atoms with van der Waals surface area (Å²) in [4.78, 5) is 14.1. The van der Waals surface area contributed by atoms with E-state index in [4.69, 9.17) is 4.74 Å². The second kappa shape index (κ2) is 6.64. The lowest BCUT2D eigenvalue weighted by atomic mass is 10.1. The third kappa shape index (κ3) is 3.63. The number of hydrogen-bond donors (Lipinski definition) is 1. The van der Waals surface area contributed by atoms with Crippen molar-refractivity contribution in [3.8, 4) is 0 Å². The molecule has 1 aliphatic rings. The average molecular weight is 248 g/mol. The number of nitrogens with zero attached hydrogens (tertiary/aromatic N) is 1. The molecule has 1 aromatic carbocycles. The fourth-order valence-corrected chi connectivity index (χ4v) is 2.12. The number of benzene rings is 1. The van der Waals surface area contributed by atoms with Gasteiger partial charge in [0.2, 0.25) is 0 Å². The molecule has 0 bridgehead atoms. The third-order valence-electron chi connectivity index (χ3n) is 3.10. The van der Waals surface area contributed by atoms with E-state index in [1.165, 1.54) is 5.56 Å². The molecule has 0 aliphatic carbocycles. The van der Waals surface area contributed by atoms with Gasteiger partial charge in [-0.3, -0.25) is 9.69 Å². The minimum atomic E-state index is 0.140. The van der Waals surface area contributed by atoms with Crippen LogP contribution in [0.25, 0.3) is 0 Å². The largest absolute Gasteiger partial charge is 0.379 e. The predicted molar refractivity (Wildman–Crippen MR) is 70.8 cm³/mol. The molecule has 0 unspecified atom stereocenters. The Morgan fingerprint density at radius 1 is 1.39 bits per heavy atom. The Morgan fingerprint density at radius 3 is 2.89 bits per heavy atom. The zero-order chi connectivity index (χ0) is 12.8. The van der Waals surface area contributed by atoms with Gasteiger partial charge in [-0.05, 0) is 18.7 Å². The summed E-state index contributed by atoms with van der Waals surface area (Å²) in [5.41, 5.74) is 1.98. The van der Waals surface area contributed by atoms with Gasteiger partial charge < -0.3 is 10.1 Å². The molecule has 18 heavy (non-hydrogen) atoms. The maximum atomic E-state index is 11.8. The number of nitrogens with one attached hydrogen (secondary N) is 1. The van der Waals surface area contributed by atoms with E-state index in [1.54, 1.807) is 7.05 Å². The molecule has 0 radical (unpaired) electrons. The Balaban J connectivity index is 2.00. The number of ether oxygens (including phenoxy) is 1. The number of carbonyl (C=O) groups excluding carboxylic acids is 1. The van der Waals surface area contributed by atoms with Crippen molar-refractivity contribution in [1.82, 2.24) is 10.2 Å². The van der Waals surface area contributed by atoms with Gasteiger partial charge in [-0.25, -0.2) is 0 Å². The van der Waals surface area contributed by atoms with E-state index in [0.29, 0.717) is 6.54 Å². The number of ketones is 1. The van der Waals surface area contributed by atoms with E-state index < -0.39 is 0 Å². The van der Waals surface area contributed by atoms with Gasteiger partial charge in [0, 0.05) is 25.2 Å². The molecule has 4 heteroatoms. The summed E-state index contributed by atoms with van der Waals surface area (Å²) in [6.45, 7) is 4.82. The lowest BCUT2D eigenvalue weighted by molar-refractivity contribution is 0.0342. The molecule has 0 amide bonds. The molecule has 1 aliphatic heterocycles. The predicted octanol–water partition coefficient (Wildman–Crippen LogP) is 0.921. The van der Waals surface area contributed by atoms with Crippen LogP contribution in [0.3, 0.4) is 0 Å². The average Bonchev–Trinajstić information content (AvgIpc) is 2.40. The number of Topliss-reactive ketones (excluding diaryl/α,β-unsaturated/α-hetero) is 1. The standard InChI is InChI=1S/C14H20N2O2/c1-15-10-14(17)13-4-2-3-12(9-13)11-16-5-7-18-8-6-16/h2-4,9,15H,5-8,10-11H2,1H3. The van der Waals surface area contributed by atoms with Crippen LogP contribution in [0.5, 0.6) is 0 Å². The molecular weight excluding hydrogens is 228 g/mol. The Bertz CT molecular complexity index is 401. The lowest BCUT2D eigenvalue weighted by Gasteiger charge is -2.26. The van der Waals surface area contributed by atoms with Crippen molar-refractivity contribution in [2.75, 3.05) is 39.9 Å². The van der Waals surface area contributed by atoms with Crippen LogP contribution >= 0.6 is 0 Å². The molecule has 1 saturated heterocycles. The second-order valence-electron chi connectivity index (χ2n) is 4.54. The first-order valence-electron chi connectivity index (χ1n) is 6.36. The Morgan fingerprint density at radius 2 is 2.17 bits per heavy atom. The molecule has 98 valence electrons. The molecule has 1 aromatic rings. The van der Waals surface area contributed by atoms with E-state index in [0.717, 1.165) is 38.4 Å². The van der Waals surface area contributed by atoms with E-state index >= 15 is 0 Å². The number of hydrogen-bond acceptors (Lipinski definition) is 4. The first-order chi connectivity index (χ1) is 8.79. The molecule has 0 aromatic heterocycles. The molecule has 4 nitrogen and oxygen atoms in total. The van der Waals surface area contributed by atoms with Crippen molar-refractivity contribution in [1.29, 1.82) is 0 Å². The number of likely N-dealkylation sites (N-methyl/N-ethyl adjacent to an activating group) is 1. The van der Waals surface area contributed by atoms with Crippen molar-refractivity contribution < 1.29 is 9.53 Å². The van der Waals surface area contributed by atoms with Gasteiger partial charge in [0.15, 0.2) is 5.78 Å². The lowest BCUT2D eigenvalue weighted by Crippen LogP contribution is -2.35. The highest BCUT2D eigenvalue weighted by molar-refractivity contribution is 5.97. The molecular formula is C14H20N2O2. The Hall–Kier alpha value is -1.23. The Labute approximate surface area is 108 Å². The van der Waals surface area contributed by atoms with Crippen LogP contribution in [0.15, 0.2) is 24.3 Å². The summed E-state index contributed by atoms with van der Waals surface area (Å²) >= 11 is 0. The van der Waals surface area contributed by atoms with Crippen molar-refractivity contribution >= 4 is 5.78 Å². The van der Waals surface area contributed by atoms with Gasteiger partial charge in [0.05, 0.1) is 19.8 Å². The first kappa shape index (κ1) is 13.2. The molecule has 2 rings (SSSR count). The summed E-state index contributed by atoms with van der Waals surface area (Å²) in [6.07, 6.45) is 0. The minimum Gasteiger partial charge on any atom is -0.379 e. The van der Waals surface area contributed by atoms with Gasteiger partial charge >= 0.3 is 0 Å². The molecule has 1 N–H and O–H groups in total. The Kier molecular flexibility index (Phi) is 4.87. The molecule has 0 spiro atoms. The van der Waals surface area contributed by atoms with Crippen LogP contribution in [0, 0.1) is 0 Å². The number of carbonyl (C=O) groups is 1.